The maximum Gasteiger partial charge on any atom is 0.0639 e. The van der Waals surface area contributed by atoms with Crippen LogP contribution in [-0.2, 0) is 4.74 Å². The van der Waals surface area contributed by atoms with Crippen molar-refractivity contribution in [3.8, 4) is 0 Å². The Morgan fingerprint density at radius 1 is 1.40 bits per heavy atom. The quantitative estimate of drug-likeness (QED) is 0.552. The number of rotatable bonds is 0. The van der Waals surface area contributed by atoms with Gasteiger partial charge in [0.15, 0.2) is 0 Å². The third-order valence-electron chi connectivity index (χ3n) is 1.99. The molecule has 0 aromatic carbocycles. The zero-order valence-electron chi connectivity index (χ0n) is 7.05. The summed E-state index contributed by atoms with van der Waals surface area (Å²) in [5.41, 5.74) is 5.95. The highest BCUT2D eigenvalue weighted by Gasteiger charge is 2.32. The molecule has 0 unspecified atom stereocenters. The molecule has 10 heavy (non-hydrogen) atoms. The number of hydrogen-bond donors (Lipinski definition) is 1. The molecule has 0 saturated carbocycles. The highest BCUT2D eigenvalue weighted by atomic mass is 16.5. The van der Waals surface area contributed by atoms with Gasteiger partial charge in [-0.3, -0.25) is 0 Å². The summed E-state index contributed by atoms with van der Waals surface area (Å²) in [6, 6.07) is 0.268. The topological polar surface area (TPSA) is 35.2 Å². The second kappa shape index (κ2) is 2.51. The molecule has 0 aliphatic carbocycles. The Balaban J connectivity index is 2.45. The van der Waals surface area contributed by atoms with E-state index >= 15 is 0 Å². The van der Waals surface area contributed by atoms with E-state index in [1.54, 1.807) is 0 Å². The second-order valence-corrected chi connectivity index (χ2v) is 4.18. The smallest absolute Gasteiger partial charge is 0.0639 e. The van der Waals surface area contributed by atoms with Gasteiger partial charge in [0, 0.05) is 6.04 Å². The summed E-state index contributed by atoms with van der Waals surface area (Å²) in [6.07, 6.45) is 1.38. The predicted molar refractivity (Wildman–Crippen MR) is 41.8 cm³/mol. The maximum absolute atomic E-state index is 5.70. The van der Waals surface area contributed by atoms with Gasteiger partial charge in [-0.1, -0.05) is 20.8 Å². The third-order valence-corrected chi connectivity index (χ3v) is 1.99. The van der Waals surface area contributed by atoms with Crippen molar-refractivity contribution in [2.24, 2.45) is 11.1 Å². The molecule has 1 fully saturated rings. The fourth-order valence-corrected chi connectivity index (χ4v) is 1.25. The first-order chi connectivity index (χ1) is 4.50. The minimum Gasteiger partial charge on any atom is -0.376 e. The molecular weight excluding hydrogens is 126 g/mol. The van der Waals surface area contributed by atoms with E-state index < -0.39 is 0 Å². The van der Waals surface area contributed by atoms with Crippen molar-refractivity contribution in [3.63, 3.8) is 0 Å². The minimum absolute atomic E-state index is 0.258. The van der Waals surface area contributed by atoms with E-state index in [9.17, 15) is 0 Å². The number of nitrogens with two attached hydrogens (primary N) is 1. The molecular formula is C8H17NO. The lowest BCUT2D eigenvalue weighted by molar-refractivity contribution is 0.0286. The van der Waals surface area contributed by atoms with E-state index in [-0.39, 0.29) is 11.5 Å². The molecule has 1 saturated heterocycles. The average Bonchev–Trinajstić information content (AvgIpc) is 2.11. The van der Waals surface area contributed by atoms with Crippen LogP contribution in [-0.4, -0.2) is 18.8 Å². The molecule has 2 nitrogen and oxygen atoms in total. The van der Waals surface area contributed by atoms with Crippen LogP contribution in [0.3, 0.4) is 0 Å². The van der Waals surface area contributed by atoms with E-state index in [4.69, 9.17) is 10.5 Å². The van der Waals surface area contributed by atoms with Crippen molar-refractivity contribution < 1.29 is 4.74 Å². The van der Waals surface area contributed by atoms with E-state index in [1.807, 2.05) is 0 Å². The lowest BCUT2D eigenvalue weighted by atomic mass is 9.87. The normalized spacial score (nSPS) is 34.8. The summed E-state index contributed by atoms with van der Waals surface area (Å²) in [5.74, 6) is 0. The Kier molecular flexibility index (Phi) is 2.02. The highest BCUT2D eigenvalue weighted by Crippen LogP contribution is 2.29. The van der Waals surface area contributed by atoms with Gasteiger partial charge in [-0.15, -0.1) is 0 Å². The summed E-state index contributed by atoms with van der Waals surface area (Å²) in [7, 11) is 0. The molecule has 0 amide bonds. The molecule has 1 heterocycles. The lowest BCUT2D eigenvalue weighted by Gasteiger charge is -2.25. The molecule has 0 spiro atoms. The first-order valence-electron chi connectivity index (χ1n) is 3.87. The molecule has 2 heteroatoms. The fraction of sp³-hybridized carbons (Fsp3) is 1.00. The van der Waals surface area contributed by atoms with Crippen molar-refractivity contribution in [2.45, 2.75) is 39.3 Å². The second-order valence-electron chi connectivity index (χ2n) is 4.18. The van der Waals surface area contributed by atoms with Crippen LogP contribution in [0.15, 0.2) is 0 Å². The van der Waals surface area contributed by atoms with Crippen LogP contribution in [0.25, 0.3) is 0 Å². The van der Waals surface area contributed by atoms with Crippen molar-refractivity contribution >= 4 is 0 Å². The van der Waals surface area contributed by atoms with Crippen LogP contribution in [0.5, 0.6) is 0 Å². The van der Waals surface area contributed by atoms with E-state index in [2.05, 4.69) is 20.8 Å². The van der Waals surface area contributed by atoms with Crippen molar-refractivity contribution in [1.29, 1.82) is 0 Å². The Labute approximate surface area is 62.7 Å². The van der Waals surface area contributed by atoms with Crippen LogP contribution in [0.4, 0.5) is 0 Å². The molecule has 2 atom stereocenters. The third kappa shape index (κ3) is 1.70. The van der Waals surface area contributed by atoms with Gasteiger partial charge < -0.3 is 10.5 Å². The molecule has 0 aromatic heterocycles. The van der Waals surface area contributed by atoms with Gasteiger partial charge in [0.1, 0.15) is 0 Å². The Morgan fingerprint density at radius 3 is 2.20 bits per heavy atom. The van der Waals surface area contributed by atoms with Gasteiger partial charge >= 0.3 is 0 Å². The Morgan fingerprint density at radius 2 is 2.00 bits per heavy atom. The SMILES string of the molecule is CC(C)(C)[C@H]1C[C@@H](N)CO1. The summed E-state index contributed by atoms with van der Waals surface area (Å²) >= 11 is 0. The molecule has 1 rings (SSSR count). The average molecular weight is 143 g/mol. The first-order valence-corrected chi connectivity index (χ1v) is 3.87. The highest BCUT2D eigenvalue weighted by molar-refractivity contribution is 4.83. The first kappa shape index (κ1) is 8.02. The van der Waals surface area contributed by atoms with Crippen molar-refractivity contribution in [2.75, 3.05) is 6.61 Å². The number of hydrogen-bond acceptors (Lipinski definition) is 2. The van der Waals surface area contributed by atoms with Gasteiger partial charge in [-0.05, 0) is 11.8 Å². The Bertz CT molecular complexity index is 117. The predicted octanol–water partition coefficient (Wildman–Crippen LogP) is 1.15. The molecule has 60 valence electrons. The Hall–Kier alpha value is -0.0800. The summed E-state index contributed by atoms with van der Waals surface area (Å²) in [4.78, 5) is 0. The lowest BCUT2D eigenvalue weighted by Crippen LogP contribution is -2.26. The zero-order valence-corrected chi connectivity index (χ0v) is 7.05. The van der Waals surface area contributed by atoms with E-state index in [0.29, 0.717) is 6.10 Å². The monoisotopic (exact) mass is 143 g/mol. The summed E-state index contributed by atoms with van der Waals surface area (Å²) in [6.45, 7) is 7.31. The molecule has 1 aliphatic rings. The van der Waals surface area contributed by atoms with Gasteiger partial charge in [0.05, 0.1) is 12.7 Å². The standard InChI is InChI=1S/C8H17NO/c1-8(2,3)7-4-6(9)5-10-7/h6-7H,4-5,9H2,1-3H3/t6-,7-/m1/s1. The van der Waals surface area contributed by atoms with E-state index in [1.165, 1.54) is 0 Å². The molecule has 0 bridgehead atoms. The van der Waals surface area contributed by atoms with Crippen molar-refractivity contribution in [1.82, 2.24) is 0 Å². The molecule has 1 aliphatic heterocycles. The summed E-state index contributed by atoms with van der Waals surface area (Å²) < 4.78 is 5.50. The largest absolute Gasteiger partial charge is 0.376 e. The van der Waals surface area contributed by atoms with Crippen LogP contribution in [0.2, 0.25) is 0 Å². The van der Waals surface area contributed by atoms with Gasteiger partial charge in [-0.25, -0.2) is 0 Å². The van der Waals surface area contributed by atoms with E-state index in [0.717, 1.165) is 13.0 Å². The van der Waals surface area contributed by atoms with Crippen LogP contribution in [0, 0.1) is 5.41 Å². The van der Waals surface area contributed by atoms with Crippen LogP contribution < -0.4 is 5.73 Å². The molecule has 0 aromatic rings. The van der Waals surface area contributed by atoms with Gasteiger partial charge in [0.2, 0.25) is 0 Å². The molecule has 2 N–H and O–H groups in total. The van der Waals surface area contributed by atoms with Gasteiger partial charge in [-0.2, -0.15) is 0 Å². The summed E-state index contributed by atoms with van der Waals surface area (Å²) in [5, 5.41) is 0. The zero-order chi connectivity index (χ0) is 7.78. The fourth-order valence-electron chi connectivity index (χ4n) is 1.25. The van der Waals surface area contributed by atoms with Gasteiger partial charge in [0.25, 0.3) is 0 Å². The molecule has 0 radical (unpaired) electrons. The van der Waals surface area contributed by atoms with Crippen LogP contribution >= 0.6 is 0 Å². The van der Waals surface area contributed by atoms with Crippen LogP contribution in [0.1, 0.15) is 27.2 Å². The maximum atomic E-state index is 5.70. The minimum atomic E-state index is 0.258. The number of ether oxygens (including phenoxy) is 1. The van der Waals surface area contributed by atoms with Crippen molar-refractivity contribution in [3.05, 3.63) is 0 Å².